The van der Waals surface area contributed by atoms with Gasteiger partial charge in [-0.05, 0) is 26.3 Å². The molecular formula is C17H27N5. The summed E-state index contributed by atoms with van der Waals surface area (Å²) in [4.78, 5) is 11.8. The fourth-order valence-electron chi connectivity index (χ4n) is 3.58. The van der Waals surface area contributed by atoms with E-state index in [4.69, 9.17) is 4.98 Å². The fraction of sp³-hybridized carbons (Fsp3) is 0.647. The smallest absolute Gasteiger partial charge is 0.127 e. The highest BCUT2D eigenvalue weighted by molar-refractivity contribution is 5.74. The standard InChI is InChI=1S/C17H27N5/c1-4-6-16(21-10-9-19-13(3)12-21)17-20-14-11-18-8-7-15(14)22(17)5-2/h7-8,11,13,16,19H,4-6,9-10,12H2,1-3H3/t13-,16-/m0/s1. The fourth-order valence-corrected chi connectivity index (χ4v) is 3.58. The van der Waals surface area contributed by atoms with E-state index in [0.29, 0.717) is 12.1 Å². The minimum absolute atomic E-state index is 0.405. The molecule has 1 saturated heterocycles. The Morgan fingerprint density at radius 1 is 1.41 bits per heavy atom. The van der Waals surface area contributed by atoms with Crippen LogP contribution in [0.4, 0.5) is 0 Å². The highest BCUT2D eigenvalue weighted by Crippen LogP contribution is 2.29. The van der Waals surface area contributed by atoms with Gasteiger partial charge in [-0.3, -0.25) is 9.88 Å². The molecule has 2 aromatic rings. The number of imidazole rings is 1. The van der Waals surface area contributed by atoms with Crippen LogP contribution in [0.15, 0.2) is 18.5 Å². The van der Waals surface area contributed by atoms with E-state index in [2.05, 4.69) is 46.6 Å². The molecule has 5 heteroatoms. The van der Waals surface area contributed by atoms with Crippen molar-refractivity contribution in [2.75, 3.05) is 19.6 Å². The van der Waals surface area contributed by atoms with E-state index in [-0.39, 0.29) is 0 Å². The third-order valence-corrected chi connectivity index (χ3v) is 4.60. The molecule has 0 aliphatic carbocycles. The Morgan fingerprint density at radius 3 is 3.00 bits per heavy atom. The third kappa shape index (κ3) is 2.88. The second kappa shape index (κ2) is 6.75. The molecule has 1 fully saturated rings. The normalized spacial score (nSPS) is 21.3. The van der Waals surface area contributed by atoms with Gasteiger partial charge in [0.25, 0.3) is 0 Å². The number of nitrogens with one attached hydrogen (secondary N) is 1. The van der Waals surface area contributed by atoms with Crippen LogP contribution in [0.2, 0.25) is 0 Å². The minimum Gasteiger partial charge on any atom is -0.327 e. The Morgan fingerprint density at radius 2 is 2.27 bits per heavy atom. The Labute approximate surface area is 132 Å². The molecule has 0 aromatic carbocycles. The van der Waals surface area contributed by atoms with Crippen molar-refractivity contribution in [2.45, 2.75) is 52.2 Å². The molecule has 0 radical (unpaired) electrons. The van der Waals surface area contributed by atoms with E-state index < -0.39 is 0 Å². The number of aryl methyl sites for hydroxylation is 1. The number of rotatable bonds is 5. The summed E-state index contributed by atoms with van der Waals surface area (Å²) in [6.07, 6.45) is 6.08. The van der Waals surface area contributed by atoms with Crippen molar-refractivity contribution in [3.8, 4) is 0 Å². The van der Waals surface area contributed by atoms with Crippen LogP contribution in [0.5, 0.6) is 0 Å². The Hall–Kier alpha value is -1.46. The Balaban J connectivity index is 2.00. The highest BCUT2D eigenvalue weighted by Gasteiger charge is 2.28. The maximum Gasteiger partial charge on any atom is 0.127 e. The number of pyridine rings is 1. The number of nitrogens with zero attached hydrogens (tertiary/aromatic N) is 4. The Kier molecular flexibility index (Phi) is 4.74. The van der Waals surface area contributed by atoms with E-state index in [1.54, 1.807) is 0 Å². The molecule has 1 N–H and O–H groups in total. The lowest BCUT2D eigenvalue weighted by Gasteiger charge is -2.37. The first-order valence-electron chi connectivity index (χ1n) is 8.52. The second-order valence-electron chi connectivity index (χ2n) is 6.23. The zero-order valence-corrected chi connectivity index (χ0v) is 13.9. The summed E-state index contributed by atoms with van der Waals surface area (Å²) in [6.45, 7) is 10.9. The lowest BCUT2D eigenvalue weighted by molar-refractivity contribution is 0.133. The molecule has 0 unspecified atom stereocenters. The lowest BCUT2D eigenvalue weighted by Crippen LogP contribution is -2.50. The van der Waals surface area contributed by atoms with Crippen molar-refractivity contribution >= 4 is 11.0 Å². The zero-order chi connectivity index (χ0) is 15.5. The second-order valence-corrected chi connectivity index (χ2v) is 6.23. The maximum absolute atomic E-state index is 4.94. The molecular weight excluding hydrogens is 274 g/mol. The van der Waals surface area contributed by atoms with E-state index >= 15 is 0 Å². The van der Waals surface area contributed by atoms with Crippen molar-refractivity contribution in [2.24, 2.45) is 0 Å². The predicted octanol–water partition coefficient (Wildman–Crippen LogP) is 2.59. The highest BCUT2D eigenvalue weighted by atomic mass is 15.3. The van der Waals surface area contributed by atoms with Crippen molar-refractivity contribution in [3.05, 3.63) is 24.3 Å². The summed E-state index contributed by atoms with van der Waals surface area (Å²) < 4.78 is 2.37. The number of piperazine rings is 1. The molecule has 2 atom stereocenters. The first kappa shape index (κ1) is 15.4. The molecule has 5 nitrogen and oxygen atoms in total. The number of hydrogen-bond donors (Lipinski definition) is 1. The van der Waals surface area contributed by atoms with Gasteiger partial charge in [-0.25, -0.2) is 4.98 Å². The molecule has 3 heterocycles. The van der Waals surface area contributed by atoms with Gasteiger partial charge < -0.3 is 9.88 Å². The van der Waals surface area contributed by atoms with Gasteiger partial charge in [-0.1, -0.05) is 13.3 Å². The van der Waals surface area contributed by atoms with Crippen LogP contribution < -0.4 is 5.32 Å². The number of fused-ring (bicyclic) bond motifs is 1. The average molecular weight is 301 g/mol. The molecule has 0 spiro atoms. The van der Waals surface area contributed by atoms with E-state index in [9.17, 15) is 0 Å². The van der Waals surface area contributed by atoms with Crippen LogP contribution in [0, 0.1) is 0 Å². The molecule has 0 bridgehead atoms. The zero-order valence-electron chi connectivity index (χ0n) is 13.9. The first-order chi connectivity index (χ1) is 10.7. The first-order valence-corrected chi connectivity index (χ1v) is 8.52. The van der Waals surface area contributed by atoms with Crippen molar-refractivity contribution in [3.63, 3.8) is 0 Å². The SMILES string of the molecule is CCC[C@@H](c1nc2cnccc2n1CC)N1CCN[C@@H](C)C1. The molecule has 1 aliphatic heterocycles. The topological polar surface area (TPSA) is 46.0 Å². The monoisotopic (exact) mass is 301 g/mol. The molecule has 120 valence electrons. The molecule has 22 heavy (non-hydrogen) atoms. The quantitative estimate of drug-likeness (QED) is 0.922. The van der Waals surface area contributed by atoms with Crippen LogP contribution in [0.3, 0.4) is 0 Å². The average Bonchev–Trinajstić information content (AvgIpc) is 2.90. The molecule has 0 amide bonds. The van der Waals surface area contributed by atoms with Crippen LogP contribution in [0.25, 0.3) is 11.0 Å². The molecule has 0 saturated carbocycles. The van der Waals surface area contributed by atoms with Crippen molar-refractivity contribution in [1.29, 1.82) is 0 Å². The van der Waals surface area contributed by atoms with Gasteiger partial charge >= 0.3 is 0 Å². The van der Waals surface area contributed by atoms with Gasteiger partial charge in [-0.15, -0.1) is 0 Å². The van der Waals surface area contributed by atoms with Crippen LogP contribution >= 0.6 is 0 Å². The van der Waals surface area contributed by atoms with Gasteiger partial charge in [0.05, 0.1) is 17.8 Å². The van der Waals surface area contributed by atoms with E-state index in [0.717, 1.165) is 38.1 Å². The van der Waals surface area contributed by atoms with Gasteiger partial charge in [-0.2, -0.15) is 0 Å². The van der Waals surface area contributed by atoms with Crippen LogP contribution in [-0.2, 0) is 6.54 Å². The minimum atomic E-state index is 0.405. The van der Waals surface area contributed by atoms with E-state index in [1.807, 2.05) is 12.4 Å². The largest absolute Gasteiger partial charge is 0.327 e. The summed E-state index contributed by atoms with van der Waals surface area (Å²) in [5.41, 5.74) is 2.22. The summed E-state index contributed by atoms with van der Waals surface area (Å²) >= 11 is 0. The van der Waals surface area contributed by atoms with Gasteiger partial charge in [0.15, 0.2) is 0 Å². The number of aromatic nitrogens is 3. The summed E-state index contributed by atoms with van der Waals surface area (Å²) in [5, 5.41) is 3.54. The summed E-state index contributed by atoms with van der Waals surface area (Å²) in [7, 11) is 0. The number of hydrogen-bond acceptors (Lipinski definition) is 4. The van der Waals surface area contributed by atoms with Gasteiger partial charge in [0.1, 0.15) is 11.3 Å². The maximum atomic E-state index is 4.94. The van der Waals surface area contributed by atoms with Gasteiger partial charge in [0.2, 0.25) is 0 Å². The van der Waals surface area contributed by atoms with Gasteiger partial charge in [0, 0.05) is 38.4 Å². The van der Waals surface area contributed by atoms with E-state index in [1.165, 1.54) is 17.8 Å². The van der Waals surface area contributed by atoms with Crippen LogP contribution in [-0.4, -0.2) is 45.1 Å². The lowest BCUT2D eigenvalue weighted by atomic mass is 10.1. The molecule has 3 rings (SSSR count). The Bertz CT molecular complexity index is 621. The van der Waals surface area contributed by atoms with Crippen molar-refractivity contribution in [1.82, 2.24) is 24.8 Å². The predicted molar refractivity (Wildman–Crippen MR) is 89.9 cm³/mol. The molecule has 1 aliphatic rings. The molecule has 2 aromatic heterocycles. The summed E-state index contributed by atoms with van der Waals surface area (Å²) in [6, 6.07) is 3.04. The van der Waals surface area contributed by atoms with Crippen LogP contribution in [0.1, 0.15) is 45.5 Å². The summed E-state index contributed by atoms with van der Waals surface area (Å²) in [5.74, 6) is 1.21. The third-order valence-electron chi connectivity index (χ3n) is 4.60. The van der Waals surface area contributed by atoms with Crippen molar-refractivity contribution < 1.29 is 0 Å².